The van der Waals surface area contributed by atoms with E-state index in [1.807, 2.05) is 20.8 Å². The zero-order valence-corrected chi connectivity index (χ0v) is 15.2. The molecule has 0 aliphatic rings. The van der Waals surface area contributed by atoms with Crippen LogP contribution >= 0.6 is 0 Å². The molecule has 9 heteroatoms. The monoisotopic (exact) mass is 358 g/mol. The Morgan fingerprint density at radius 3 is 2.00 bits per heavy atom. The van der Waals surface area contributed by atoms with Gasteiger partial charge in [-0.15, -0.1) is 0 Å². The number of carboxylic acids is 1. The zero-order valence-electron chi connectivity index (χ0n) is 15.2. The van der Waals surface area contributed by atoms with Gasteiger partial charge < -0.3 is 27.2 Å². The molecule has 0 unspecified atom stereocenters. The van der Waals surface area contributed by atoms with Crippen molar-refractivity contribution in [1.82, 2.24) is 10.6 Å². The Morgan fingerprint density at radius 1 is 1.04 bits per heavy atom. The Kier molecular flexibility index (Phi) is 9.73. The normalized spacial score (nSPS) is 15.8. The minimum Gasteiger partial charge on any atom is -0.480 e. The molecule has 0 radical (unpaired) electrons. The van der Waals surface area contributed by atoms with Gasteiger partial charge in [0.2, 0.25) is 17.7 Å². The number of hydrogen-bond donors (Lipinski definition) is 5. The quantitative estimate of drug-likeness (QED) is 0.329. The van der Waals surface area contributed by atoms with Gasteiger partial charge in [0, 0.05) is 0 Å². The Balaban J connectivity index is 5.12. The number of nitrogens with one attached hydrogen (secondary N) is 2. The average Bonchev–Trinajstić information content (AvgIpc) is 2.49. The molecule has 4 atom stereocenters. The molecule has 0 heterocycles. The summed E-state index contributed by atoms with van der Waals surface area (Å²) in [6.45, 7) is 7.44. The van der Waals surface area contributed by atoms with E-state index in [2.05, 4.69) is 10.6 Å². The topological polar surface area (TPSA) is 165 Å². The van der Waals surface area contributed by atoms with E-state index >= 15 is 0 Å². The highest BCUT2D eigenvalue weighted by Crippen LogP contribution is 2.10. The van der Waals surface area contributed by atoms with Gasteiger partial charge in [0.25, 0.3) is 0 Å². The first-order chi connectivity index (χ1) is 11.5. The maximum absolute atomic E-state index is 12.4. The van der Waals surface area contributed by atoms with Crippen molar-refractivity contribution in [1.29, 1.82) is 0 Å². The van der Waals surface area contributed by atoms with E-state index < -0.39 is 48.2 Å². The SMILES string of the molecule is CC[C@H](C)[C@H](NC(=O)[C@@H](N)CC(C)C)C(=O)N[C@@H](CC(N)=O)C(=O)O. The van der Waals surface area contributed by atoms with E-state index in [-0.39, 0.29) is 11.8 Å². The number of hydrogen-bond acceptors (Lipinski definition) is 5. The predicted octanol–water partition coefficient (Wildman–Crippen LogP) is -0.664. The van der Waals surface area contributed by atoms with E-state index in [0.717, 1.165) is 0 Å². The Labute approximate surface area is 147 Å². The average molecular weight is 358 g/mol. The van der Waals surface area contributed by atoms with Crippen LogP contribution < -0.4 is 22.1 Å². The largest absolute Gasteiger partial charge is 0.480 e. The highest BCUT2D eigenvalue weighted by atomic mass is 16.4. The van der Waals surface area contributed by atoms with Crippen LogP contribution in [0.15, 0.2) is 0 Å². The van der Waals surface area contributed by atoms with Gasteiger partial charge in [-0.1, -0.05) is 34.1 Å². The third kappa shape index (κ3) is 8.48. The van der Waals surface area contributed by atoms with Crippen molar-refractivity contribution < 1.29 is 24.3 Å². The molecule has 0 aromatic rings. The summed E-state index contributed by atoms with van der Waals surface area (Å²) in [5, 5.41) is 13.9. The highest BCUT2D eigenvalue weighted by molar-refractivity contribution is 5.93. The third-order valence-corrected chi connectivity index (χ3v) is 3.88. The molecule has 0 saturated heterocycles. The molecule has 0 aliphatic carbocycles. The summed E-state index contributed by atoms with van der Waals surface area (Å²) in [6, 6.07) is -3.16. The second-order valence-corrected chi connectivity index (χ2v) is 6.68. The third-order valence-electron chi connectivity index (χ3n) is 3.88. The van der Waals surface area contributed by atoms with Crippen molar-refractivity contribution in [2.24, 2.45) is 23.3 Å². The van der Waals surface area contributed by atoms with Crippen molar-refractivity contribution in [3.05, 3.63) is 0 Å². The number of carbonyl (C=O) groups excluding carboxylic acids is 3. The summed E-state index contributed by atoms with van der Waals surface area (Å²) in [5.74, 6) is -3.43. The van der Waals surface area contributed by atoms with Crippen molar-refractivity contribution in [2.75, 3.05) is 0 Å². The lowest BCUT2D eigenvalue weighted by Gasteiger charge is -2.26. The van der Waals surface area contributed by atoms with E-state index in [1.54, 1.807) is 6.92 Å². The minimum absolute atomic E-state index is 0.212. The fraction of sp³-hybridized carbons (Fsp3) is 0.750. The van der Waals surface area contributed by atoms with E-state index in [0.29, 0.717) is 12.8 Å². The Morgan fingerprint density at radius 2 is 1.60 bits per heavy atom. The van der Waals surface area contributed by atoms with E-state index in [4.69, 9.17) is 16.6 Å². The molecule has 0 fully saturated rings. The number of amides is 3. The fourth-order valence-corrected chi connectivity index (χ4v) is 2.24. The molecular formula is C16H30N4O5. The van der Waals surface area contributed by atoms with Crippen LogP contribution in [0.3, 0.4) is 0 Å². The van der Waals surface area contributed by atoms with Gasteiger partial charge in [-0.25, -0.2) is 4.79 Å². The lowest BCUT2D eigenvalue weighted by Crippen LogP contribution is -2.57. The fourth-order valence-electron chi connectivity index (χ4n) is 2.24. The van der Waals surface area contributed by atoms with Gasteiger partial charge in [-0.2, -0.15) is 0 Å². The first-order valence-electron chi connectivity index (χ1n) is 8.36. The van der Waals surface area contributed by atoms with Crippen molar-refractivity contribution in [2.45, 2.75) is 65.1 Å². The van der Waals surface area contributed by atoms with Gasteiger partial charge >= 0.3 is 5.97 Å². The summed E-state index contributed by atoms with van der Waals surface area (Å²) in [5.41, 5.74) is 10.8. The molecule has 9 nitrogen and oxygen atoms in total. The number of primary amides is 1. The summed E-state index contributed by atoms with van der Waals surface area (Å²) < 4.78 is 0. The second kappa shape index (κ2) is 10.7. The van der Waals surface area contributed by atoms with Crippen LogP contribution in [0, 0.1) is 11.8 Å². The smallest absolute Gasteiger partial charge is 0.326 e. The maximum Gasteiger partial charge on any atom is 0.326 e. The van der Waals surface area contributed by atoms with Gasteiger partial charge in [0.15, 0.2) is 0 Å². The molecule has 0 aromatic carbocycles. The van der Waals surface area contributed by atoms with Crippen LogP contribution in [0.2, 0.25) is 0 Å². The number of nitrogens with two attached hydrogens (primary N) is 2. The molecule has 25 heavy (non-hydrogen) atoms. The predicted molar refractivity (Wildman–Crippen MR) is 92.2 cm³/mol. The van der Waals surface area contributed by atoms with Gasteiger partial charge in [0.05, 0.1) is 12.5 Å². The standard InChI is InChI=1S/C16H30N4O5/c1-5-9(4)13(20-14(22)10(17)6-8(2)3)15(23)19-11(16(24)25)7-12(18)21/h8-11,13H,5-7,17H2,1-4H3,(H2,18,21)(H,19,23)(H,20,22)(H,24,25)/t9-,10-,11-,13-/m0/s1. The van der Waals surface area contributed by atoms with Crippen LogP contribution in [0.5, 0.6) is 0 Å². The minimum atomic E-state index is -1.45. The summed E-state index contributed by atoms with van der Waals surface area (Å²) >= 11 is 0. The molecule has 0 aromatic heterocycles. The number of rotatable bonds is 11. The molecule has 3 amide bonds. The Hall–Kier alpha value is -2.16. The van der Waals surface area contributed by atoms with Crippen molar-refractivity contribution in [3.8, 4) is 0 Å². The van der Waals surface area contributed by atoms with Gasteiger partial charge in [-0.05, 0) is 18.3 Å². The lowest BCUT2D eigenvalue weighted by molar-refractivity contribution is -0.144. The van der Waals surface area contributed by atoms with E-state index in [9.17, 15) is 19.2 Å². The van der Waals surface area contributed by atoms with Crippen LogP contribution in [0.1, 0.15) is 47.0 Å². The summed E-state index contributed by atoms with van der Waals surface area (Å²) in [7, 11) is 0. The molecule has 0 aliphatic heterocycles. The van der Waals surface area contributed by atoms with E-state index in [1.165, 1.54) is 0 Å². The molecule has 144 valence electrons. The van der Waals surface area contributed by atoms with Crippen LogP contribution in [-0.4, -0.2) is 46.9 Å². The van der Waals surface area contributed by atoms with Gasteiger partial charge in [-0.3, -0.25) is 14.4 Å². The summed E-state index contributed by atoms with van der Waals surface area (Å²) in [4.78, 5) is 46.7. The van der Waals surface area contributed by atoms with Crippen LogP contribution in [-0.2, 0) is 19.2 Å². The second-order valence-electron chi connectivity index (χ2n) is 6.68. The number of carboxylic acid groups (broad SMARTS) is 1. The molecule has 7 N–H and O–H groups in total. The van der Waals surface area contributed by atoms with Crippen molar-refractivity contribution in [3.63, 3.8) is 0 Å². The maximum atomic E-state index is 12.4. The molecule has 0 saturated carbocycles. The summed E-state index contributed by atoms with van der Waals surface area (Å²) in [6.07, 6.45) is 0.501. The molecule has 0 rings (SSSR count). The highest BCUT2D eigenvalue weighted by Gasteiger charge is 2.31. The van der Waals surface area contributed by atoms with Gasteiger partial charge in [0.1, 0.15) is 12.1 Å². The molecule has 0 bridgehead atoms. The van der Waals surface area contributed by atoms with Crippen molar-refractivity contribution >= 4 is 23.7 Å². The van der Waals surface area contributed by atoms with Crippen LogP contribution in [0.25, 0.3) is 0 Å². The molecular weight excluding hydrogens is 328 g/mol. The zero-order chi connectivity index (χ0) is 19.7. The Bertz CT molecular complexity index is 495. The first-order valence-corrected chi connectivity index (χ1v) is 8.36. The first kappa shape index (κ1) is 22.8. The van der Waals surface area contributed by atoms with Crippen LogP contribution in [0.4, 0.5) is 0 Å². The lowest BCUT2D eigenvalue weighted by atomic mass is 9.96. The molecule has 0 spiro atoms. The number of aliphatic carboxylic acids is 1. The number of carbonyl (C=O) groups is 4.